The van der Waals surface area contributed by atoms with Crippen molar-refractivity contribution in [2.24, 2.45) is 0 Å². The lowest BCUT2D eigenvalue weighted by Gasteiger charge is -2.29. The van der Waals surface area contributed by atoms with Crippen LogP contribution in [-0.2, 0) is 24.1 Å². The van der Waals surface area contributed by atoms with Crippen LogP contribution in [0.2, 0.25) is 0 Å². The van der Waals surface area contributed by atoms with E-state index >= 15 is 0 Å². The van der Waals surface area contributed by atoms with Crippen molar-refractivity contribution in [2.45, 2.75) is 25.4 Å². The van der Waals surface area contributed by atoms with E-state index in [9.17, 15) is 23.1 Å². The number of rotatable bonds is 2. The molecule has 0 spiro atoms. The Hall–Kier alpha value is -2.35. The van der Waals surface area contributed by atoms with Crippen LogP contribution in [0.4, 0.5) is 13.2 Å². The number of hydrogen-bond acceptors (Lipinski definition) is 3. The lowest BCUT2D eigenvalue weighted by Crippen LogP contribution is -2.40. The summed E-state index contributed by atoms with van der Waals surface area (Å²) in [5.41, 5.74) is -0.963. The van der Waals surface area contributed by atoms with Crippen LogP contribution in [0.1, 0.15) is 23.1 Å². The van der Waals surface area contributed by atoms with E-state index in [-0.39, 0.29) is 12.1 Å². The number of hydrogen-bond donors (Lipinski definition) is 1. The number of alkyl halides is 3. The quantitative estimate of drug-likeness (QED) is 0.918. The number of amides is 1. The largest absolute Gasteiger partial charge is 0.416 e. The van der Waals surface area contributed by atoms with Crippen LogP contribution in [0.5, 0.6) is 0 Å². The molecule has 1 amide bonds. The van der Waals surface area contributed by atoms with Gasteiger partial charge in [-0.1, -0.05) is 12.1 Å². The first-order chi connectivity index (χ1) is 10.9. The summed E-state index contributed by atoms with van der Waals surface area (Å²) >= 11 is 0. The van der Waals surface area contributed by atoms with E-state index in [2.05, 4.69) is 4.98 Å². The molecule has 0 radical (unpaired) electrons. The number of aliphatic hydroxyl groups excluding tert-OH is 1. The number of imidazole rings is 1. The first kappa shape index (κ1) is 15.5. The van der Waals surface area contributed by atoms with Gasteiger partial charge in [-0.05, 0) is 17.7 Å². The number of carbonyl (C=O) groups is 1. The van der Waals surface area contributed by atoms with Crippen LogP contribution in [0.3, 0.4) is 0 Å². The summed E-state index contributed by atoms with van der Waals surface area (Å²) in [5.74, 6) is 0.0550. The molecule has 1 aliphatic rings. The summed E-state index contributed by atoms with van der Waals surface area (Å²) in [6.07, 6.45) is -2.74. The summed E-state index contributed by atoms with van der Waals surface area (Å²) in [5, 5.41) is 10.1. The summed E-state index contributed by atoms with van der Waals surface area (Å²) in [7, 11) is 0. The third-order valence-corrected chi connectivity index (χ3v) is 3.82. The molecule has 0 saturated carbocycles. The van der Waals surface area contributed by atoms with Gasteiger partial charge in [0.1, 0.15) is 5.82 Å². The number of benzene rings is 1. The first-order valence-electron chi connectivity index (χ1n) is 7.00. The van der Waals surface area contributed by atoms with E-state index < -0.39 is 23.8 Å². The average Bonchev–Trinajstić information content (AvgIpc) is 3.00. The molecule has 1 aromatic heterocycles. The SMILES string of the molecule is O=C(C(O)c1cccc(C(F)(F)F)c1)N1CCn2ccnc2C1. The van der Waals surface area contributed by atoms with Crippen molar-refractivity contribution in [1.82, 2.24) is 14.5 Å². The molecule has 1 aromatic carbocycles. The topological polar surface area (TPSA) is 58.4 Å². The molecule has 122 valence electrons. The van der Waals surface area contributed by atoms with Gasteiger partial charge in [0.05, 0.1) is 12.1 Å². The van der Waals surface area contributed by atoms with Gasteiger partial charge in [0.15, 0.2) is 6.10 Å². The minimum Gasteiger partial charge on any atom is -0.378 e. The second-order valence-corrected chi connectivity index (χ2v) is 5.32. The Balaban J connectivity index is 1.78. The maximum absolute atomic E-state index is 12.7. The molecule has 1 unspecified atom stereocenters. The van der Waals surface area contributed by atoms with Crippen molar-refractivity contribution in [3.8, 4) is 0 Å². The minimum absolute atomic E-state index is 0.0706. The van der Waals surface area contributed by atoms with Crippen LogP contribution in [0.25, 0.3) is 0 Å². The number of carbonyl (C=O) groups excluding carboxylic acids is 1. The van der Waals surface area contributed by atoms with Crippen LogP contribution in [0, 0.1) is 0 Å². The van der Waals surface area contributed by atoms with Gasteiger partial charge >= 0.3 is 6.18 Å². The van der Waals surface area contributed by atoms with E-state index in [1.54, 1.807) is 12.4 Å². The highest BCUT2D eigenvalue weighted by atomic mass is 19.4. The first-order valence-corrected chi connectivity index (χ1v) is 7.00. The third kappa shape index (κ3) is 3.07. The maximum atomic E-state index is 12.7. The van der Waals surface area contributed by atoms with Crippen molar-refractivity contribution in [3.63, 3.8) is 0 Å². The Kier molecular flexibility index (Phi) is 3.85. The van der Waals surface area contributed by atoms with Crippen LogP contribution >= 0.6 is 0 Å². The molecule has 2 aromatic rings. The molecule has 1 aliphatic heterocycles. The Bertz CT molecular complexity index is 727. The fourth-order valence-corrected chi connectivity index (χ4v) is 2.56. The van der Waals surface area contributed by atoms with Crippen LogP contribution in [-0.4, -0.2) is 32.0 Å². The third-order valence-electron chi connectivity index (χ3n) is 3.82. The predicted octanol–water partition coefficient (Wildman–Crippen LogP) is 1.98. The van der Waals surface area contributed by atoms with E-state index in [4.69, 9.17) is 0 Å². The van der Waals surface area contributed by atoms with Gasteiger partial charge in [-0.25, -0.2) is 4.98 Å². The molecule has 1 N–H and O–H groups in total. The summed E-state index contributed by atoms with van der Waals surface area (Å²) in [6, 6.07) is 4.19. The molecular weight excluding hydrogens is 311 g/mol. The number of aromatic nitrogens is 2. The van der Waals surface area contributed by atoms with E-state index in [0.29, 0.717) is 18.9 Å². The molecule has 5 nitrogen and oxygen atoms in total. The lowest BCUT2D eigenvalue weighted by atomic mass is 10.0. The van der Waals surface area contributed by atoms with E-state index in [0.717, 1.165) is 12.1 Å². The van der Waals surface area contributed by atoms with E-state index in [1.165, 1.54) is 17.0 Å². The number of fused-ring (bicyclic) bond motifs is 1. The van der Waals surface area contributed by atoms with E-state index in [1.807, 2.05) is 4.57 Å². The van der Waals surface area contributed by atoms with Crippen molar-refractivity contribution in [3.05, 3.63) is 53.6 Å². The van der Waals surface area contributed by atoms with Gasteiger partial charge in [0, 0.05) is 25.5 Å². The molecule has 2 heterocycles. The average molecular weight is 325 g/mol. The molecule has 0 aliphatic carbocycles. The Morgan fingerprint density at radius 3 is 2.83 bits per heavy atom. The molecule has 1 atom stereocenters. The standard InChI is InChI=1S/C15H14F3N3O2/c16-15(17,18)11-3-1-2-10(8-11)13(22)14(23)21-7-6-20-5-4-19-12(20)9-21/h1-5,8,13,22H,6-7,9H2. The van der Waals surface area contributed by atoms with Crippen molar-refractivity contribution >= 4 is 5.91 Å². The lowest BCUT2D eigenvalue weighted by molar-refractivity contribution is -0.143. The fourth-order valence-electron chi connectivity index (χ4n) is 2.56. The number of aliphatic hydroxyl groups is 1. The number of nitrogens with zero attached hydrogens (tertiary/aromatic N) is 3. The zero-order valence-electron chi connectivity index (χ0n) is 12.0. The Morgan fingerprint density at radius 2 is 2.09 bits per heavy atom. The highest BCUT2D eigenvalue weighted by Gasteiger charge is 2.32. The zero-order valence-corrected chi connectivity index (χ0v) is 12.0. The monoisotopic (exact) mass is 325 g/mol. The van der Waals surface area contributed by atoms with Gasteiger partial charge in [-0.15, -0.1) is 0 Å². The highest BCUT2D eigenvalue weighted by molar-refractivity contribution is 5.82. The molecular formula is C15H14F3N3O2. The molecule has 23 heavy (non-hydrogen) atoms. The molecule has 3 rings (SSSR count). The Labute approximate surface area is 130 Å². The van der Waals surface area contributed by atoms with Gasteiger partial charge in [0.2, 0.25) is 0 Å². The normalized spacial score (nSPS) is 16.1. The summed E-state index contributed by atoms with van der Waals surface area (Å²) < 4.78 is 40.1. The molecule has 0 fully saturated rings. The van der Waals surface area contributed by atoms with Crippen LogP contribution in [0.15, 0.2) is 36.7 Å². The highest BCUT2D eigenvalue weighted by Crippen LogP contribution is 2.31. The maximum Gasteiger partial charge on any atom is 0.416 e. The molecule has 0 bridgehead atoms. The second-order valence-electron chi connectivity index (χ2n) is 5.32. The van der Waals surface area contributed by atoms with Gasteiger partial charge in [0.25, 0.3) is 5.91 Å². The van der Waals surface area contributed by atoms with Crippen molar-refractivity contribution in [2.75, 3.05) is 6.54 Å². The smallest absolute Gasteiger partial charge is 0.378 e. The van der Waals surface area contributed by atoms with Crippen LogP contribution < -0.4 is 0 Å². The van der Waals surface area contributed by atoms with Crippen molar-refractivity contribution < 1.29 is 23.1 Å². The fraction of sp³-hybridized carbons (Fsp3) is 0.333. The van der Waals surface area contributed by atoms with Crippen molar-refractivity contribution in [1.29, 1.82) is 0 Å². The van der Waals surface area contributed by atoms with Gasteiger partial charge in [-0.3, -0.25) is 4.79 Å². The molecule has 0 saturated heterocycles. The molecule has 8 heteroatoms. The van der Waals surface area contributed by atoms with Gasteiger partial charge < -0.3 is 14.6 Å². The van der Waals surface area contributed by atoms with Gasteiger partial charge in [-0.2, -0.15) is 13.2 Å². The Morgan fingerprint density at radius 1 is 1.30 bits per heavy atom. The zero-order chi connectivity index (χ0) is 16.6. The second kappa shape index (κ2) is 5.69. The summed E-state index contributed by atoms with van der Waals surface area (Å²) in [4.78, 5) is 17.9. The summed E-state index contributed by atoms with van der Waals surface area (Å²) in [6.45, 7) is 1.14. The minimum atomic E-state index is -4.52. The number of halogens is 3. The predicted molar refractivity (Wildman–Crippen MR) is 74.0 cm³/mol.